The molecule has 2 heterocycles. The second-order valence-corrected chi connectivity index (χ2v) is 5.78. The Hall–Kier alpha value is -2.09. The first kappa shape index (κ1) is 15.8. The van der Waals surface area contributed by atoms with Crippen LogP contribution in [0, 0.1) is 5.92 Å². The van der Waals surface area contributed by atoms with Crippen LogP contribution < -0.4 is 5.32 Å². The van der Waals surface area contributed by atoms with Gasteiger partial charge >= 0.3 is 6.18 Å². The molecule has 1 aliphatic heterocycles. The number of nitrogens with zero attached hydrogens (tertiary/aromatic N) is 2. The molecule has 1 unspecified atom stereocenters. The third kappa shape index (κ3) is 4.01. The Bertz CT molecular complexity index is 664. The van der Waals surface area contributed by atoms with Gasteiger partial charge in [-0.1, -0.05) is 12.1 Å². The van der Waals surface area contributed by atoms with Gasteiger partial charge in [0.05, 0.1) is 23.5 Å². The Morgan fingerprint density at radius 2 is 2.17 bits per heavy atom. The molecule has 1 aliphatic rings. The molecule has 5 nitrogen and oxygen atoms in total. The molecule has 1 amide bonds. The van der Waals surface area contributed by atoms with Gasteiger partial charge in [0, 0.05) is 6.54 Å². The van der Waals surface area contributed by atoms with Crippen LogP contribution in [0.4, 0.5) is 19.1 Å². The second-order valence-electron chi connectivity index (χ2n) is 5.78. The molecular weight excluding hydrogens is 309 g/mol. The molecule has 3 rings (SSSR count). The number of aromatic amines is 1. The number of carbonyl (C=O) groups is 1. The zero-order valence-corrected chi connectivity index (χ0v) is 12.4. The van der Waals surface area contributed by atoms with Gasteiger partial charge < -0.3 is 4.98 Å². The highest BCUT2D eigenvalue weighted by Gasteiger charge is 2.34. The molecular formula is C15H17F3N4O. The molecule has 1 saturated heterocycles. The highest BCUT2D eigenvalue weighted by molar-refractivity contribution is 5.92. The predicted octanol–water partition coefficient (Wildman–Crippen LogP) is 2.78. The van der Waals surface area contributed by atoms with Crippen molar-refractivity contribution < 1.29 is 18.0 Å². The Labute approximate surface area is 130 Å². The summed E-state index contributed by atoms with van der Waals surface area (Å²) in [5.41, 5.74) is 1.52. The smallest absolute Gasteiger partial charge is 0.324 e. The lowest BCUT2D eigenvalue weighted by Gasteiger charge is -2.32. The van der Waals surface area contributed by atoms with Crippen LogP contribution in [0.15, 0.2) is 24.3 Å². The van der Waals surface area contributed by atoms with Gasteiger partial charge in [0.25, 0.3) is 0 Å². The van der Waals surface area contributed by atoms with Crippen LogP contribution in [0.25, 0.3) is 11.0 Å². The van der Waals surface area contributed by atoms with Gasteiger partial charge in [0.15, 0.2) is 0 Å². The van der Waals surface area contributed by atoms with Crippen molar-refractivity contribution in [3.63, 3.8) is 0 Å². The molecule has 124 valence electrons. The predicted molar refractivity (Wildman–Crippen MR) is 79.9 cm³/mol. The first-order chi connectivity index (χ1) is 10.9. The average Bonchev–Trinajstić information content (AvgIpc) is 2.87. The number of rotatable bonds is 3. The molecule has 0 saturated carbocycles. The fraction of sp³-hybridized carbons (Fsp3) is 0.467. The summed E-state index contributed by atoms with van der Waals surface area (Å²) in [7, 11) is 0. The minimum atomic E-state index is -4.24. The summed E-state index contributed by atoms with van der Waals surface area (Å²) in [5.74, 6) is -0.431. The van der Waals surface area contributed by atoms with Crippen LogP contribution >= 0.6 is 0 Å². The number of benzene rings is 1. The molecule has 2 aromatic rings. The number of fused-ring (bicyclic) bond motifs is 1. The summed E-state index contributed by atoms with van der Waals surface area (Å²) in [6.45, 7) is -0.485. The number of nitrogens with one attached hydrogen (secondary N) is 2. The van der Waals surface area contributed by atoms with Crippen molar-refractivity contribution in [2.45, 2.75) is 19.0 Å². The van der Waals surface area contributed by atoms with E-state index in [0.29, 0.717) is 25.3 Å². The molecule has 1 fully saturated rings. The molecule has 0 spiro atoms. The molecule has 0 bridgehead atoms. The van der Waals surface area contributed by atoms with E-state index in [-0.39, 0.29) is 12.5 Å². The summed E-state index contributed by atoms with van der Waals surface area (Å²) in [5, 5.41) is 2.67. The van der Waals surface area contributed by atoms with Crippen molar-refractivity contribution in [2.75, 3.05) is 25.0 Å². The molecule has 23 heavy (non-hydrogen) atoms. The van der Waals surface area contributed by atoms with E-state index in [2.05, 4.69) is 15.3 Å². The van der Waals surface area contributed by atoms with Gasteiger partial charge in [-0.3, -0.25) is 15.0 Å². The highest BCUT2D eigenvalue weighted by Crippen LogP contribution is 2.23. The lowest BCUT2D eigenvalue weighted by atomic mass is 9.97. The van der Waals surface area contributed by atoms with Gasteiger partial charge in [-0.2, -0.15) is 13.2 Å². The van der Waals surface area contributed by atoms with Crippen LogP contribution in [0.1, 0.15) is 12.8 Å². The Balaban J connectivity index is 1.63. The quantitative estimate of drug-likeness (QED) is 0.912. The normalized spacial score (nSPS) is 19.9. The van der Waals surface area contributed by atoms with E-state index in [1.807, 2.05) is 24.3 Å². The third-order valence-electron chi connectivity index (χ3n) is 3.91. The fourth-order valence-electron chi connectivity index (χ4n) is 2.90. The maximum Gasteiger partial charge on any atom is 0.401 e. The van der Waals surface area contributed by atoms with E-state index < -0.39 is 18.6 Å². The van der Waals surface area contributed by atoms with Gasteiger partial charge in [-0.05, 0) is 31.5 Å². The lowest BCUT2D eigenvalue weighted by molar-refractivity contribution is -0.151. The van der Waals surface area contributed by atoms with Crippen LogP contribution in [0.5, 0.6) is 0 Å². The second kappa shape index (κ2) is 6.19. The maximum atomic E-state index is 12.5. The van der Waals surface area contributed by atoms with Crippen LogP contribution in [-0.2, 0) is 4.79 Å². The van der Waals surface area contributed by atoms with Crippen molar-refractivity contribution >= 4 is 22.9 Å². The number of anilines is 1. The minimum Gasteiger partial charge on any atom is -0.324 e. The Morgan fingerprint density at radius 1 is 1.39 bits per heavy atom. The minimum absolute atomic E-state index is 0.117. The average molecular weight is 326 g/mol. The van der Waals surface area contributed by atoms with E-state index in [9.17, 15) is 18.0 Å². The Morgan fingerprint density at radius 3 is 2.91 bits per heavy atom. The van der Waals surface area contributed by atoms with E-state index in [1.54, 1.807) is 0 Å². The van der Waals surface area contributed by atoms with Gasteiger partial charge in [-0.15, -0.1) is 0 Å². The fourth-order valence-corrected chi connectivity index (χ4v) is 2.90. The summed E-state index contributed by atoms with van der Waals surface area (Å²) in [4.78, 5) is 20.8. The number of likely N-dealkylation sites (tertiary alicyclic amines) is 1. The van der Waals surface area contributed by atoms with Crippen LogP contribution in [0.2, 0.25) is 0 Å². The van der Waals surface area contributed by atoms with Crippen molar-refractivity contribution in [1.29, 1.82) is 0 Å². The summed E-state index contributed by atoms with van der Waals surface area (Å²) < 4.78 is 37.4. The number of hydrogen-bond donors (Lipinski definition) is 2. The molecule has 8 heteroatoms. The number of alkyl halides is 3. The number of H-pyrrole nitrogens is 1. The monoisotopic (exact) mass is 326 g/mol. The van der Waals surface area contributed by atoms with Gasteiger partial charge in [0.1, 0.15) is 0 Å². The van der Waals surface area contributed by atoms with Gasteiger partial charge in [0.2, 0.25) is 11.9 Å². The topological polar surface area (TPSA) is 61.0 Å². The van der Waals surface area contributed by atoms with E-state index >= 15 is 0 Å². The largest absolute Gasteiger partial charge is 0.401 e. The first-order valence-corrected chi connectivity index (χ1v) is 7.45. The summed E-state index contributed by atoms with van der Waals surface area (Å²) in [6.07, 6.45) is -3.08. The first-order valence-electron chi connectivity index (χ1n) is 7.45. The molecule has 1 aromatic carbocycles. The highest BCUT2D eigenvalue weighted by atomic mass is 19.4. The van der Waals surface area contributed by atoms with Crippen molar-refractivity contribution in [3.05, 3.63) is 24.3 Å². The molecule has 2 N–H and O–H groups in total. The van der Waals surface area contributed by atoms with E-state index in [1.165, 1.54) is 4.90 Å². The standard InChI is InChI=1S/C15H17F3N4O/c16-15(17,18)9-22-7-3-4-10(8-22)13(23)21-14-19-11-5-1-2-6-12(11)20-14/h1-2,5-6,10H,3-4,7-9H2,(H2,19,20,21,23). The zero-order chi connectivity index (χ0) is 16.4. The summed E-state index contributed by atoms with van der Waals surface area (Å²) in [6, 6.07) is 7.34. The SMILES string of the molecule is O=C(Nc1nc2ccccc2[nH]1)C1CCCN(CC(F)(F)F)C1. The molecule has 1 aromatic heterocycles. The number of amides is 1. The van der Waals surface area contributed by atoms with E-state index in [4.69, 9.17) is 0 Å². The van der Waals surface area contributed by atoms with E-state index in [0.717, 1.165) is 11.0 Å². The number of imidazole rings is 1. The maximum absolute atomic E-state index is 12.5. The van der Waals surface area contributed by atoms with Crippen molar-refractivity contribution in [2.24, 2.45) is 5.92 Å². The number of halogens is 3. The van der Waals surface area contributed by atoms with Crippen LogP contribution in [0.3, 0.4) is 0 Å². The van der Waals surface area contributed by atoms with Crippen molar-refractivity contribution in [3.8, 4) is 0 Å². The number of carbonyl (C=O) groups excluding carboxylic acids is 1. The summed E-state index contributed by atoms with van der Waals surface area (Å²) >= 11 is 0. The number of para-hydroxylation sites is 2. The molecule has 1 atom stereocenters. The molecule has 0 radical (unpaired) electrons. The van der Waals surface area contributed by atoms with Crippen molar-refractivity contribution in [1.82, 2.24) is 14.9 Å². The zero-order valence-electron chi connectivity index (χ0n) is 12.4. The Kier molecular flexibility index (Phi) is 4.25. The third-order valence-corrected chi connectivity index (χ3v) is 3.91. The number of hydrogen-bond acceptors (Lipinski definition) is 3. The van der Waals surface area contributed by atoms with Crippen LogP contribution in [-0.4, -0.2) is 46.6 Å². The number of aromatic nitrogens is 2. The van der Waals surface area contributed by atoms with Gasteiger partial charge in [-0.25, -0.2) is 4.98 Å². The molecule has 0 aliphatic carbocycles. The number of piperidine rings is 1. The lowest BCUT2D eigenvalue weighted by Crippen LogP contribution is -2.44.